The second-order valence-corrected chi connectivity index (χ2v) is 6.55. The molecule has 108 valence electrons. The van der Waals surface area contributed by atoms with E-state index in [0.717, 1.165) is 0 Å². The number of hydrogen-bond donors (Lipinski definition) is 1. The maximum atomic E-state index is 9.97. The number of ether oxygens (including phenoxy) is 1. The van der Waals surface area contributed by atoms with E-state index in [1.807, 2.05) is 6.07 Å². The summed E-state index contributed by atoms with van der Waals surface area (Å²) in [5.41, 5.74) is 2.54. The fourth-order valence-corrected chi connectivity index (χ4v) is 4.23. The van der Waals surface area contributed by atoms with Gasteiger partial charge in [-0.3, -0.25) is 0 Å². The maximum Gasteiger partial charge on any atom is 0.0893 e. The van der Waals surface area contributed by atoms with Crippen molar-refractivity contribution in [1.29, 1.82) is 0 Å². The van der Waals surface area contributed by atoms with Gasteiger partial charge in [0.2, 0.25) is 0 Å². The molecule has 0 aromatic heterocycles. The predicted octanol–water partition coefficient (Wildman–Crippen LogP) is 3.58. The monoisotopic (exact) mass is 272 g/mol. The zero-order chi connectivity index (χ0) is 14.3. The molecule has 2 aliphatic rings. The Labute approximate surface area is 121 Å². The summed E-state index contributed by atoms with van der Waals surface area (Å²) in [6.45, 7) is 7.55. The summed E-state index contributed by atoms with van der Waals surface area (Å²) in [6, 6.07) is 10.5. The van der Waals surface area contributed by atoms with Crippen molar-refractivity contribution < 1.29 is 9.84 Å². The molecular weight excluding hydrogens is 248 g/mol. The molecule has 5 atom stereocenters. The second-order valence-electron chi connectivity index (χ2n) is 6.55. The number of fused-ring (bicyclic) bond motifs is 2. The molecule has 1 aliphatic heterocycles. The van der Waals surface area contributed by atoms with Crippen LogP contribution in [-0.4, -0.2) is 18.3 Å². The van der Waals surface area contributed by atoms with Gasteiger partial charge < -0.3 is 9.84 Å². The lowest BCUT2D eigenvalue weighted by atomic mass is 9.56. The van der Waals surface area contributed by atoms with E-state index in [4.69, 9.17) is 4.74 Å². The van der Waals surface area contributed by atoms with E-state index < -0.39 is 0 Å². The summed E-state index contributed by atoms with van der Waals surface area (Å²) in [7, 11) is 0. The molecule has 3 rings (SSSR count). The fraction of sp³-hybridized carbons (Fsp3) is 0.556. The lowest BCUT2D eigenvalue weighted by Gasteiger charge is -2.55. The molecule has 1 N–H and O–H groups in total. The van der Waals surface area contributed by atoms with Crippen molar-refractivity contribution >= 4 is 0 Å². The predicted molar refractivity (Wildman–Crippen MR) is 80.2 cm³/mol. The number of aliphatic hydroxyl groups is 1. The van der Waals surface area contributed by atoms with Crippen molar-refractivity contribution in [1.82, 2.24) is 0 Å². The first kappa shape index (κ1) is 13.8. The summed E-state index contributed by atoms with van der Waals surface area (Å²) in [4.78, 5) is 0. The maximum absolute atomic E-state index is 9.97. The van der Waals surface area contributed by atoms with Gasteiger partial charge in [-0.25, -0.2) is 0 Å². The summed E-state index contributed by atoms with van der Waals surface area (Å²) >= 11 is 0. The summed E-state index contributed by atoms with van der Waals surface area (Å²) in [5.74, 6) is 1.18. The van der Waals surface area contributed by atoms with E-state index in [0.29, 0.717) is 24.4 Å². The van der Waals surface area contributed by atoms with Gasteiger partial charge in [0.15, 0.2) is 0 Å². The molecule has 1 aromatic rings. The molecule has 0 radical (unpaired) electrons. The van der Waals surface area contributed by atoms with Crippen LogP contribution in [0.25, 0.3) is 0 Å². The minimum absolute atomic E-state index is 0.116. The molecule has 2 heteroatoms. The molecule has 0 unspecified atom stereocenters. The van der Waals surface area contributed by atoms with E-state index in [2.05, 4.69) is 51.1 Å². The highest BCUT2D eigenvalue weighted by molar-refractivity contribution is 5.27. The summed E-state index contributed by atoms with van der Waals surface area (Å²) < 4.78 is 6.24. The van der Waals surface area contributed by atoms with Gasteiger partial charge in [-0.1, -0.05) is 55.8 Å². The highest BCUT2D eigenvalue weighted by Crippen LogP contribution is 2.55. The van der Waals surface area contributed by atoms with Crippen LogP contribution >= 0.6 is 0 Å². The van der Waals surface area contributed by atoms with Gasteiger partial charge in [-0.05, 0) is 24.3 Å². The number of hydrogen-bond acceptors (Lipinski definition) is 2. The largest absolute Gasteiger partial charge is 0.396 e. The van der Waals surface area contributed by atoms with E-state index in [1.165, 1.54) is 11.1 Å². The van der Waals surface area contributed by atoms with Crippen LogP contribution in [0, 0.1) is 23.2 Å². The Morgan fingerprint density at radius 1 is 1.25 bits per heavy atom. The molecule has 2 bridgehead atoms. The van der Waals surface area contributed by atoms with Crippen molar-refractivity contribution in [3.05, 3.63) is 47.5 Å². The average molecular weight is 272 g/mol. The Bertz CT molecular complexity index is 507. The van der Waals surface area contributed by atoms with Crippen LogP contribution in [0.15, 0.2) is 42.0 Å². The van der Waals surface area contributed by atoms with Crippen LogP contribution in [0.2, 0.25) is 0 Å². The molecule has 1 aromatic carbocycles. The number of rotatable bonds is 2. The second kappa shape index (κ2) is 5.01. The van der Waals surface area contributed by atoms with Crippen molar-refractivity contribution in [2.75, 3.05) is 13.2 Å². The van der Waals surface area contributed by atoms with Crippen LogP contribution in [0.5, 0.6) is 0 Å². The molecule has 2 nitrogen and oxygen atoms in total. The molecular formula is C18H24O2. The summed E-state index contributed by atoms with van der Waals surface area (Å²) in [6.07, 6.45) is 2.47. The van der Waals surface area contributed by atoms with Gasteiger partial charge in [0.05, 0.1) is 19.3 Å². The zero-order valence-electron chi connectivity index (χ0n) is 12.5. The van der Waals surface area contributed by atoms with Crippen LogP contribution in [0.1, 0.15) is 32.4 Å². The lowest BCUT2D eigenvalue weighted by Crippen LogP contribution is -2.53. The van der Waals surface area contributed by atoms with Crippen molar-refractivity contribution in [3.63, 3.8) is 0 Å². The first-order chi connectivity index (χ1) is 9.60. The normalized spacial score (nSPS) is 40.3. The van der Waals surface area contributed by atoms with E-state index >= 15 is 0 Å². The molecule has 0 spiro atoms. The van der Waals surface area contributed by atoms with Crippen molar-refractivity contribution in [2.45, 2.75) is 26.9 Å². The third-order valence-electron chi connectivity index (χ3n) is 5.67. The van der Waals surface area contributed by atoms with Crippen LogP contribution in [0.3, 0.4) is 0 Å². The van der Waals surface area contributed by atoms with E-state index in [9.17, 15) is 5.11 Å². The first-order valence-electron chi connectivity index (χ1n) is 7.56. The SMILES string of the molecule is CC1=C[C@H](C)[C@@]2(CO)CO[C@H](c3ccccc3)[C@@H]1[C@H]2C. The smallest absolute Gasteiger partial charge is 0.0893 e. The third kappa shape index (κ3) is 1.86. The standard InChI is InChI=1S/C18H24O2/c1-12-9-13(2)18(10-19)11-20-17(16(12)14(18)3)15-7-5-4-6-8-15/h4-9,13-14,16-17,19H,10-11H2,1-3H3/t13-,14+,16-,17+,18+/m0/s1. The van der Waals surface area contributed by atoms with Crippen molar-refractivity contribution in [2.24, 2.45) is 23.2 Å². The number of allylic oxidation sites excluding steroid dienone is 1. The van der Waals surface area contributed by atoms with E-state index in [-0.39, 0.29) is 18.1 Å². The highest BCUT2D eigenvalue weighted by Gasteiger charge is 2.53. The van der Waals surface area contributed by atoms with Gasteiger partial charge in [-0.15, -0.1) is 0 Å². The molecule has 1 heterocycles. The fourth-order valence-electron chi connectivity index (χ4n) is 4.23. The first-order valence-corrected chi connectivity index (χ1v) is 7.56. The molecule has 20 heavy (non-hydrogen) atoms. The molecule has 0 saturated carbocycles. The molecule has 1 saturated heterocycles. The van der Waals surface area contributed by atoms with Gasteiger partial charge >= 0.3 is 0 Å². The quantitative estimate of drug-likeness (QED) is 0.834. The van der Waals surface area contributed by atoms with Crippen molar-refractivity contribution in [3.8, 4) is 0 Å². The molecule has 1 fully saturated rings. The minimum Gasteiger partial charge on any atom is -0.396 e. The Balaban J connectivity index is 2.02. The van der Waals surface area contributed by atoms with Crippen LogP contribution in [-0.2, 0) is 4.74 Å². The Morgan fingerprint density at radius 3 is 2.60 bits per heavy atom. The van der Waals surface area contributed by atoms with Gasteiger partial charge in [0.1, 0.15) is 0 Å². The molecule has 1 aliphatic carbocycles. The number of benzene rings is 1. The van der Waals surface area contributed by atoms with Gasteiger partial charge in [-0.2, -0.15) is 0 Å². The Hall–Kier alpha value is -1.12. The van der Waals surface area contributed by atoms with E-state index in [1.54, 1.807) is 0 Å². The molecule has 0 amide bonds. The minimum atomic E-state index is -0.116. The zero-order valence-corrected chi connectivity index (χ0v) is 12.5. The highest BCUT2D eigenvalue weighted by atomic mass is 16.5. The van der Waals surface area contributed by atoms with Gasteiger partial charge in [0, 0.05) is 11.3 Å². The van der Waals surface area contributed by atoms with Crippen LogP contribution in [0.4, 0.5) is 0 Å². The third-order valence-corrected chi connectivity index (χ3v) is 5.67. The lowest BCUT2D eigenvalue weighted by molar-refractivity contribution is -0.165. The summed E-state index contributed by atoms with van der Waals surface area (Å²) in [5, 5.41) is 9.97. The average Bonchev–Trinajstić information content (AvgIpc) is 2.46. The topological polar surface area (TPSA) is 29.5 Å². The van der Waals surface area contributed by atoms with Gasteiger partial charge in [0.25, 0.3) is 0 Å². The Kier molecular flexibility index (Phi) is 3.47. The number of aliphatic hydroxyl groups excluding tert-OH is 1. The van der Waals surface area contributed by atoms with Crippen LogP contribution < -0.4 is 0 Å². The Morgan fingerprint density at radius 2 is 1.95 bits per heavy atom.